The Kier molecular flexibility index (Phi) is 4.71. The molecule has 2 aliphatic rings. The Hall–Kier alpha value is -0.660. The van der Waals surface area contributed by atoms with Gasteiger partial charge in [0.15, 0.2) is 0 Å². The molecule has 0 aromatic heterocycles. The molecule has 7 heteroatoms. The number of hydrogen-bond donors (Lipinski definition) is 0. The van der Waals surface area contributed by atoms with Crippen molar-refractivity contribution in [3.8, 4) is 0 Å². The first-order valence-electron chi connectivity index (χ1n) is 7.06. The summed E-state index contributed by atoms with van der Waals surface area (Å²) in [6, 6.07) is 0.362. The van der Waals surface area contributed by atoms with Crippen LogP contribution in [0.5, 0.6) is 0 Å². The van der Waals surface area contributed by atoms with Crippen LogP contribution in [0.2, 0.25) is 0 Å². The number of piperidine rings is 1. The average molecular weight is 304 g/mol. The maximum atomic E-state index is 11.6. The van der Waals surface area contributed by atoms with Crippen LogP contribution in [-0.2, 0) is 19.6 Å². The highest BCUT2D eigenvalue weighted by Crippen LogP contribution is 2.33. The van der Waals surface area contributed by atoms with Crippen molar-refractivity contribution in [2.24, 2.45) is 11.8 Å². The smallest absolute Gasteiger partial charge is 0.310 e. The lowest BCUT2D eigenvalue weighted by Gasteiger charge is -2.35. The number of esters is 1. The van der Waals surface area contributed by atoms with Crippen LogP contribution in [0.25, 0.3) is 0 Å². The Bertz CT molecular complexity index is 457. The lowest BCUT2D eigenvalue weighted by molar-refractivity contribution is -0.144. The average Bonchev–Trinajstić information content (AvgIpc) is 2.79. The van der Waals surface area contributed by atoms with Crippen LogP contribution in [0.1, 0.15) is 19.3 Å². The van der Waals surface area contributed by atoms with E-state index in [1.54, 1.807) is 4.31 Å². The van der Waals surface area contributed by atoms with Crippen LogP contribution in [0.4, 0.5) is 0 Å². The van der Waals surface area contributed by atoms with Crippen LogP contribution >= 0.6 is 0 Å². The fourth-order valence-electron chi connectivity index (χ4n) is 3.51. The lowest BCUT2D eigenvalue weighted by atomic mass is 9.87. The molecule has 2 fully saturated rings. The second-order valence-electron chi connectivity index (χ2n) is 5.96. The van der Waals surface area contributed by atoms with Gasteiger partial charge in [-0.15, -0.1) is 0 Å². The van der Waals surface area contributed by atoms with E-state index in [1.165, 1.54) is 13.4 Å². The van der Waals surface area contributed by atoms with Crippen molar-refractivity contribution in [3.05, 3.63) is 0 Å². The molecule has 0 spiro atoms. The molecule has 116 valence electrons. The molecule has 2 atom stereocenters. The van der Waals surface area contributed by atoms with Gasteiger partial charge in [0.25, 0.3) is 0 Å². The summed E-state index contributed by atoms with van der Waals surface area (Å²) in [6.45, 7) is 1.93. The van der Waals surface area contributed by atoms with Crippen molar-refractivity contribution < 1.29 is 17.9 Å². The van der Waals surface area contributed by atoms with Gasteiger partial charge in [0.2, 0.25) is 10.0 Å². The molecule has 0 radical (unpaired) electrons. The van der Waals surface area contributed by atoms with Gasteiger partial charge in [-0.25, -0.2) is 12.7 Å². The molecular weight excluding hydrogens is 280 g/mol. The molecule has 0 unspecified atom stereocenters. The van der Waals surface area contributed by atoms with Crippen LogP contribution in [0.15, 0.2) is 0 Å². The number of likely N-dealkylation sites (tertiary alicyclic amines) is 1. The van der Waals surface area contributed by atoms with Gasteiger partial charge in [0.05, 0.1) is 19.3 Å². The predicted molar refractivity (Wildman–Crippen MR) is 75.7 cm³/mol. The standard InChI is InChI=1S/C13H24N2O4S/c1-14-9-11(13(16)19-2)8-12(14)10-4-6-15(7-5-10)20(3,17)18/h10-12H,4-9H2,1-3H3/t11-,12-/m1/s1. The van der Waals surface area contributed by atoms with E-state index in [2.05, 4.69) is 4.90 Å². The zero-order valence-electron chi connectivity index (χ0n) is 12.4. The van der Waals surface area contributed by atoms with Crippen LogP contribution in [-0.4, -0.2) is 69.7 Å². The van der Waals surface area contributed by atoms with Gasteiger partial charge in [-0.3, -0.25) is 4.79 Å². The molecule has 2 saturated heterocycles. The van der Waals surface area contributed by atoms with Crippen molar-refractivity contribution >= 4 is 16.0 Å². The molecule has 2 rings (SSSR count). The number of nitrogens with zero attached hydrogens (tertiary/aromatic N) is 2. The number of sulfonamides is 1. The topological polar surface area (TPSA) is 66.9 Å². The van der Waals surface area contributed by atoms with Gasteiger partial charge in [0, 0.05) is 25.7 Å². The minimum Gasteiger partial charge on any atom is -0.469 e. The number of methoxy groups -OCH3 is 1. The van der Waals surface area contributed by atoms with Gasteiger partial charge in [-0.1, -0.05) is 0 Å². The van der Waals surface area contributed by atoms with Gasteiger partial charge >= 0.3 is 5.97 Å². The third-order valence-corrected chi connectivity index (χ3v) is 5.95. The second kappa shape index (κ2) is 5.99. The van der Waals surface area contributed by atoms with Crippen LogP contribution < -0.4 is 0 Å². The van der Waals surface area contributed by atoms with Gasteiger partial charge in [-0.2, -0.15) is 0 Å². The Morgan fingerprint density at radius 3 is 2.35 bits per heavy atom. The largest absolute Gasteiger partial charge is 0.469 e. The molecule has 0 bridgehead atoms. The third-order valence-electron chi connectivity index (χ3n) is 4.65. The minimum absolute atomic E-state index is 0.0389. The van der Waals surface area contributed by atoms with E-state index in [0.717, 1.165) is 25.8 Å². The summed E-state index contributed by atoms with van der Waals surface area (Å²) in [5.41, 5.74) is 0. The Morgan fingerprint density at radius 2 is 1.85 bits per heavy atom. The van der Waals surface area contributed by atoms with Gasteiger partial charge in [0.1, 0.15) is 0 Å². The molecule has 0 aliphatic carbocycles. The van der Waals surface area contributed by atoms with E-state index in [0.29, 0.717) is 25.0 Å². The summed E-state index contributed by atoms with van der Waals surface area (Å²) in [5.74, 6) is 0.295. The number of ether oxygens (including phenoxy) is 1. The molecule has 0 amide bonds. The van der Waals surface area contributed by atoms with Crippen molar-refractivity contribution in [2.75, 3.05) is 40.0 Å². The monoisotopic (exact) mass is 304 g/mol. The number of carbonyl (C=O) groups is 1. The van der Waals surface area contributed by atoms with Gasteiger partial charge in [-0.05, 0) is 32.2 Å². The molecule has 0 aromatic rings. The second-order valence-corrected chi connectivity index (χ2v) is 7.94. The van der Waals surface area contributed by atoms with Crippen LogP contribution in [0.3, 0.4) is 0 Å². The molecular formula is C13H24N2O4S. The van der Waals surface area contributed by atoms with Crippen molar-refractivity contribution in [1.82, 2.24) is 9.21 Å². The SMILES string of the molecule is COC(=O)[C@@H]1C[C@H](C2CCN(S(C)(=O)=O)CC2)N(C)C1. The third kappa shape index (κ3) is 3.32. The van der Waals surface area contributed by atoms with E-state index in [9.17, 15) is 13.2 Å². The first kappa shape index (κ1) is 15.7. The number of rotatable bonds is 3. The van der Waals surface area contributed by atoms with Crippen molar-refractivity contribution in [3.63, 3.8) is 0 Å². The van der Waals surface area contributed by atoms with Crippen LogP contribution in [0, 0.1) is 11.8 Å². The molecule has 20 heavy (non-hydrogen) atoms. The first-order valence-corrected chi connectivity index (χ1v) is 8.91. The lowest BCUT2D eigenvalue weighted by Crippen LogP contribution is -2.43. The summed E-state index contributed by atoms with van der Waals surface area (Å²) in [4.78, 5) is 13.9. The summed E-state index contributed by atoms with van der Waals surface area (Å²) in [6.07, 6.45) is 3.83. The molecule has 0 N–H and O–H groups in total. The normalized spacial score (nSPS) is 30.6. The van der Waals surface area contributed by atoms with E-state index in [4.69, 9.17) is 4.74 Å². The maximum Gasteiger partial charge on any atom is 0.310 e. The summed E-state index contributed by atoms with van der Waals surface area (Å²) >= 11 is 0. The molecule has 6 nitrogen and oxygen atoms in total. The van der Waals surface area contributed by atoms with Crippen molar-refractivity contribution in [2.45, 2.75) is 25.3 Å². The highest BCUT2D eigenvalue weighted by Gasteiger charge is 2.40. The highest BCUT2D eigenvalue weighted by molar-refractivity contribution is 7.88. The molecule has 2 heterocycles. The number of hydrogen-bond acceptors (Lipinski definition) is 5. The Labute approximate surface area is 121 Å². The van der Waals surface area contributed by atoms with E-state index >= 15 is 0 Å². The van der Waals surface area contributed by atoms with Gasteiger partial charge < -0.3 is 9.64 Å². The van der Waals surface area contributed by atoms with Crippen molar-refractivity contribution in [1.29, 1.82) is 0 Å². The Balaban J connectivity index is 1.93. The summed E-state index contributed by atoms with van der Waals surface area (Å²) < 4.78 is 29.4. The Morgan fingerprint density at radius 1 is 1.25 bits per heavy atom. The fourth-order valence-corrected chi connectivity index (χ4v) is 4.39. The van der Waals surface area contributed by atoms with E-state index < -0.39 is 10.0 Å². The minimum atomic E-state index is -3.07. The zero-order chi connectivity index (χ0) is 14.9. The maximum absolute atomic E-state index is 11.6. The summed E-state index contributed by atoms with van der Waals surface area (Å²) in [7, 11) is 0.400. The van der Waals surface area contributed by atoms with E-state index in [-0.39, 0.29) is 11.9 Å². The fraction of sp³-hybridized carbons (Fsp3) is 0.923. The summed E-state index contributed by atoms with van der Waals surface area (Å²) in [5, 5.41) is 0. The first-order chi connectivity index (χ1) is 9.32. The zero-order valence-corrected chi connectivity index (χ0v) is 13.2. The quantitative estimate of drug-likeness (QED) is 0.695. The number of carbonyl (C=O) groups excluding carboxylic acids is 1. The molecule has 2 aliphatic heterocycles. The predicted octanol–water partition coefficient (Wildman–Crippen LogP) is 0.151. The highest BCUT2D eigenvalue weighted by atomic mass is 32.2. The molecule has 0 aromatic carbocycles. The molecule has 0 saturated carbocycles. The van der Waals surface area contributed by atoms with E-state index in [1.807, 2.05) is 7.05 Å².